The fourth-order valence-electron chi connectivity index (χ4n) is 4.31. The first-order valence-electron chi connectivity index (χ1n) is 10.9. The molecule has 1 aliphatic heterocycles. The first-order chi connectivity index (χ1) is 17.1. The van der Waals surface area contributed by atoms with Gasteiger partial charge in [-0.05, 0) is 48.0 Å². The van der Waals surface area contributed by atoms with Crippen LogP contribution in [0.5, 0.6) is 0 Å². The second-order valence-electron chi connectivity index (χ2n) is 8.15. The van der Waals surface area contributed by atoms with Gasteiger partial charge < -0.3 is 4.42 Å². The molecule has 0 radical (unpaired) electrons. The molecule has 6 rings (SSSR count). The number of anilines is 1. The molecule has 0 spiro atoms. The molecule has 1 aliphatic rings. The minimum absolute atomic E-state index is 0.242. The third-order valence-corrected chi connectivity index (χ3v) is 6.73. The fourth-order valence-corrected chi connectivity index (χ4v) is 5.01. The van der Waals surface area contributed by atoms with Gasteiger partial charge in [0.25, 0.3) is 0 Å². The summed E-state index contributed by atoms with van der Waals surface area (Å²) < 4.78 is 5.64. The fraction of sp³-hybridized carbons (Fsp3) is 0.0741. The number of hydrazone groups is 1. The molecule has 0 saturated carbocycles. The molecule has 0 saturated heterocycles. The van der Waals surface area contributed by atoms with Crippen LogP contribution >= 0.6 is 34.8 Å². The van der Waals surface area contributed by atoms with Crippen LogP contribution in [0.15, 0.2) is 94.6 Å². The monoisotopic (exact) mass is 518 g/mol. The van der Waals surface area contributed by atoms with Crippen LogP contribution in [0.25, 0.3) is 22.2 Å². The summed E-state index contributed by atoms with van der Waals surface area (Å²) in [6, 6.07) is 24.5. The van der Waals surface area contributed by atoms with Gasteiger partial charge in [0.1, 0.15) is 11.5 Å². The SMILES string of the molecule is Clc1ccc([C@H]2CC(c3ccco3)=NN2c2nc(-c3ccccc3)c3cc(Cl)ccc3n2)c(Cl)c1. The molecule has 0 aliphatic carbocycles. The van der Waals surface area contributed by atoms with Gasteiger partial charge in [-0.3, -0.25) is 0 Å². The molecule has 172 valence electrons. The van der Waals surface area contributed by atoms with E-state index in [9.17, 15) is 0 Å². The van der Waals surface area contributed by atoms with E-state index in [-0.39, 0.29) is 6.04 Å². The van der Waals surface area contributed by atoms with Gasteiger partial charge in [-0.2, -0.15) is 5.10 Å². The Morgan fingerprint density at radius 1 is 0.829 bits per heavy atom. The number of rotatable bonds is 4. The molecular weight excluding hydrogens is 503 g/mol. The third kappa shape index (κ3) is 4.16. The number of benzene rings is 3. The highest BCUT2D eigenvalue weighted by Crippen LogP contribution is 2.40. The van der Waals surface area contributed by atoms with Gasteiger partial charge >= 0.3 is 0 Å². The lowest BCUT2D eigenvalue weighted by atomic mass is 10.0. The molecule has 8 heteroatoms. The van der Waals surface area contributed by atoms with Crippen LogP contribution < -0.4 is 5.01 Å². The maximum atomic E-state index is 6.63. The van der Waals surface area contributed by atoms with Gasteiger partial charge in [-0.25, -0.2) is 15.0 Å². The van der Waals surface area contributed by atoms with Gasteiger partial charge in [0, 0.05) is 32.4 Å². The first kappa shape index (κ1) is 22.1. The molecule has 0 unspecified atom stereocenters. The Morgan fingerprint density at radius 2 is 1.63 bits per heavy atom. The molecular formula is C27H17Cl3N4O. The Balaban J connectivity index is 1.55. The van der Waals surface area contributed by atoms with Crippen molar-refractivity contribution in [1.29, 1.82) is 0 Å². The number of hydrogen-bond acceptors (Lipinski definition) is 5. The lowest BCUT2D eigenvalue weighted by molar-refractivity contribution is 0.556. The van der Waals surface area contributed by atoms with Crippen LogP contribution in [0, 0.1) is 0 Å². The summed E-state index contributed by atoms with van der Waals surface area (Å²) >= 11 is 19.1. The summed E-state index contributed by atoms with van der Waals surface area (Å²) in [6.45, 7) is 0. The van der Waals surface area contributed by atoms with Crippen molar-refractivity contribution in [2.75, 3.05) is 5.01 Å². The Kier molecular flexibility index (Phi) is 5.69. The molecule has 1 atom stereocenters. The van der Waals surface area contributed by atoms with Crippen molar-refractivity contribution in [2.45, 2.75) is 12.5 Å². The molecule has 35 heavy (non-hydrogen) atoms. The standard InChI is InChI=1S/C27H17Cl3N4O/c28-17-9-11-22-20(13-17)26(16-5-2-1-3-6-16)32-27(31-22)34-24(19-10-8-18(29)14-21(19)30)15-23(33-34)25-7-4-12-35-25/h1-14,24H,15H2/t24-/m1/s1. The Hall–Kier alpha value is -3.38. The lowest BCUT2D eigenvalue weighted by Gasteiger charge is -2.24. The van der Waals surface area contributed by atoms with Gasteiger partial charge in [0.2, 0.25) is 5.95 Å². The van der Waals surface area contributed by atoms with Crippen molar-refractivity contribution < 1.29 is 4.42 Å². The van der Waals surface area contributed by atoms with Gasteiger partial charge in [0.05, 0.1) is 23.5 Å². The van der Waals surface area contributed by atoms with Crippen LogP contribution in [0.2, 0.25) is 15.1 Å². The van der Waals surface area contributed by atoms with E-state index in [2.05, 4.69) is 0 Å². The smallest absolute Gasteiger partial charge is 0.247 e. The normalized spacial score (nSPS) is 15.6. The van der Waals surface area contributed by atoms with Gasteiger partial charge in [0.15, 0.2) is 0 Å². The van der Waals surface area contributed by atoms with E-state index in [4.69, 9.17) is 54.3 Å². The van der Waals surface area contributed by atoms with E-state index >= 15 is 0 Å². The molecule has 3 heterocycles. The topological polar surface area (TPSA) is 54.5 Å². The number of aromatic nitrogens is 2. The highest BCUT2D eigenvalue weighted by atomic mass is 35.5. The molecule has 5 nitrogen and oxygen atoms in total. The zero-order valence-electron chi connectivity index (χ0n) is 18.2. The molecule has 0 N–H and O–H groups in total. The van der Waals surface area contributed by atoms with Gasteiger partial charge in [-0.15, -0.1) is 0 Å². The molecule has 0 fully saturated rings. The number of hydrogen-bond donors (Lipinski definition) is 0. The van der Waals surface area contributed by atoms with E-state index in [0.717, 1.165) is 33.4 Å². The minimum atomic E-state index is -0.242. The van der Waals surface area contributed by atoms with Crippen molar-refractivity contribution in [3.05, 3.63) is 112 Å². The van der Waals surface area contributed by atoms with E-state index < -0.39 is 0 Å². The quantitative estimate of drug-likeness (QED) is 0.240. The van der Waals surface area contributed by atoms with Crippen molar-refractivity contribution >= 4 is 57.4 Å². The first-order valence-corrected chi connectivity index (χ1v) is 12.1. The van der Waals surface area contributed by atoms with Crippen molar-refractivity contribution in [1.82, 2.24) is 9.97 Å². The maximum absolute atomic E-state index is 6.63. The van der Waals surface area contributed by atoms with Gasteiger partial charge in [-0.1, -0.05) is 71.2 Å². The summed E-state index contributed by atoms with van der Waals surface area (Å²) in [4.78, 5) is 9.85. The molecule has 5 aromatic rings. The van der Waals surface area contributed by atoms with Crippen molar-refractivity contribution in [2.24, 2.45) is 5.10 Å². The minimum Gasteiger partial charge on any atom is -0.463 e. The molecule has 0 amide bonds. The summed E-state index contributed by atoms with van der Waals surface area (Å²) in [5.41, 5.74) is 4.16. The number of nitrogens with zero attached hydrogens (tertiary/aromatic N) is 4. The van der Waals surface area contributed by atoms with Crippen LogP contribution in [0.1, 0.15) is 23.8 Å². The average Bonchev–Trinajstić information content (AvgIpc) is 3.54. The summed E-state index contributed by atoms with van der Waals surface area (Å²) in [7, 11) is 0. The predicted molar refractivity (Wildman–Crippen MR) is 142 cm³/mol. The highest BCUT2D eigenvalue weighted by molar-refractivity contribution is 6.35. The van der Waals surface area contributed by atoms with Crippen LogP contribution in [-0.4, -0.2) is 15.7 Å². The Bertz CT molecular complexity index is 1570. The zero-order valence-corrected chi connectivity index (χ0v) is 20.5. The van der Waals surface area contributed by atoms with E-state index in [1.54, 1.807) is 12.3 Å². The average molecular weight is 520 g/mol. The van der Waals surface area contributed by atoms with Crippen molar-refractivity contribution in [3.63, 3.8) is 0 Å². The van der Waals surface area contributed by atoms with E-state index in [1.807, 2.05) is 77.8 Å². The highest BCUT2D eigenvalue weighted by Gasteiger charge is 2.34. The van der Waals surface area contributed by atoms with E-state index in [0.29, 0.717) is 33.2 Å². The van der Waals surface area contributed by atoms with Crippen molar-refractivity contribution in [3.8, 4) is 11.3 Å². The van der Waals surface area contributed by atoms with E-state index in [1.165, 1.54) is 0 Å². The molecule has 0 bridgehead atoms. The largest absolute Gasteiger partial charge is 0.463 e. The lowest BCUT2D eigenvalue weighted by Crippen LogP contribution is -2.21. The molecule has 3 aromatic carbocycles. The summed E-state index contributed by atoms with van der Waals surface area (Å²) in [5, 5.41) is 9.32. The zero-order chi connectivity index (χ0) is 23.9. The Labute approximate surface area is 216 Å². The maximum Gasteiger partial charge on any atom is 0.247 e. The predicted octanol–water partition coefficient (Wildman–Crippen LogP) is 8.21. The third-order valence-electron chi connectivity index (χ3n) is 5.94. The summed E-state index contributed by atoms with van der Waals surface area (Å²) in [6.07, 6.45) is 2.20. The van der Waals surface area contributed by atoms with Crippen LogP contribution in [-0.2, 0) is 0 Å². The second-order valence-corrected chi connectivity index (χ2v) is 9.43. The molecule has 2 aromatic heterocycles. The number of fused-ring (bicyclic) bond motifs is 1. The number of halogens is 3. The van der Waals surface area contributed by atoms with Crippen LogP contribution in [0.3, 0.4) is 0 Å². The Morgan fingerprint density at radius 3 is 2.40 bits per heavy atom. The number of furan rings is 1. The summed E-state index contributed by atoms with van der Waals surface area (Å²) in [5.74, 6) is 1.15. The van der Waals surface area contributed by atoms with Crippen LogP contribution in [0.4, 0.5) is 5.95 Å². The second kappa shape index (κ2) is 9.00.